The molecule has 2 aliphatic heterocycles. The Morgan fingerprint density at radius 2 is 1.69 bits per heavy atom. The average molecular weight is 380 g/mol. The van der Waals surface area contributed by atoms with Crippen molar-refractivity contribution >= 4 is 21.6 Å². The summed E-state index contributed by atoms with van der Waals surface area (Å²) in [6.45, 7) is 8.37. The van der Waals surface area contributed by atoms with Crippen molar-refractivity contribution in [2.24, 2.45) is 11.8 Å². The van der Waals surface area contributed by atoms with Gasteiger partial charge in [0.1, 0.15) is 0 Å². The Bertz CT molecular complexity index is 732. The standard InChI is InChI=1S/C19H29N3O3S/c1-14(2)21-10-16-8-17(11-21)13-22(12-16)19(23)9-15-4-6-18(7-5-15)20-26(3,24)25/h4-7,14,16-17,20H,8-13H2,1-3H3. The summed E-state index contributed by atoms with van der Waals surface area (Å²) in [7, 11) is -3.28. The molecule has 144 valence electrons. The van der Waals surface area contributed by atoms with Gasteiger partial charge in [0, 0.05) is 37.9 Å². The van der Waals surface area contributed by atoms with Crippen LogP contribution in [0.3, 0.4) is 0 Å². The van der Waals surface area contributed by atoms with Gasteiger partial charge in [-0.05, 0) is 49.8 Å². The van der Waals surface area contributed by atoms with Gasteiger partial charge in [-0.15, -0.1) is 0 Å². The molecule has 0 saturated carbocycles. The first-order valence-corrected chi connectivity index (χ1v) is 11.2. The van der Waals surface area contributed by atoms with Gasteiger partial charge in [0.25, 0.3) is 0 Å². The normalized spacial score (nSPS) is 23.9. The molecule has 2 heterocycles. The van der Waals surface area contributed by atoms with Crippen LogP contribution in [-0.4, -0.2) is 62.6 Å². The first-order valence-electron chi connectivity index (χ1n) is 9.28. The number of rotatable bonds is 5. The molecule has 0 spiro atoms. The lowest BCUT2D eigenvalue weighted by atomic mass is 9.84. The highest BCUT2D eigenvalue weighted by Gasteiger charge is 2.36. The number of likely N-dealkylation sites (tertiary alicyclic amines) is 2. The molecule has 2 atom stereocenters. The third kappa shape index (κ3) is 4.98. The molecule has 2 unspecified atom stereocenters. The number of hydrogen-bond acceptors (Lipinski definition) is 4. The molecular formula is C19H29N3O3S. The van der Waals surface area contributed by atoms with Crippen molar-refractivity contribution < 1.29 is 13.2 Å². The van der Waals surface area contributed by atoms with E-state index >= 15 is 0 Å². The van der Waals surface area contributed by atoms with Gasteiger partial charge in [0.05, 0.1) is 12.7 Å². The quantitative estimate of drug-likeness (QED) is 0.847. The Morgan fingerprint density at radius 1 is 1.12 bits per heavy atom. The third-order valence-electron chi connectivity index (χ3n) is 5.30. The Hall–Kier alpha value is -1.60. The predicted octanol–water partition coefficient (Wildman–Crippen LogP) is 1.79. The first kappa shape index (κ1) is 19.2. The fourth-order valence-electron chi connectivity index (χ4n) is 4.14. The summed E-state index contributed by atoms with van der Waals surface area (Å²) >= 11 is 0. The molecule has 0 aromatic heterocycles. The van der Waals surface area contributed by atoms with Crippen LogP contribution >= 0.6 is 0 Å². The van der Waals surface area contributed by atoms with Crippen molar-refractivity contribution in [2.45, 2.75) is 32.7 Å². The Kier molecular flexibility index (Phi) is 5.58. The maximum atomic E-state index is 12.7. The lowest BCUT2D eigenvalue weighted by Gasteiger charge is -2.47. The summed E-state index contributed by atoms with van der Waals surface area (Å²) in [5.74, 6) is 1.33. The van der Waals surface area contributed by atoms with Gasteiger partial charge >= 0.3 is 0 Å². The van der Waals surface area contributed by atoms with E-state index in [4.69, 9.17) is 0 Å². The number of piperidine rings is 2. The van der Waals surface area contributed by atoms with Crippen molar-refractivity contribution in [3.05, 3.63) is 29.8 Å². The molecule has 2 aliphatic rings. The average Bonchev–Trinajstić information content (AvgIpc) is 2.54. The van der Waals surface area contributed by atoms with Crippen LogP contribution < -0.4 is 4.72 Å². The van der Waals surface area contributed by atoms with E-state index in [1.165, 1.54) is 6.42 Å². The first-order chi connectivity index (χ1) is 12.2. The third-order valence-corrected chi connectivity index (χ3v) is 5.91. The highest BCUT2D eigenvalue weighted by Crippen LogP contribution is 2.30. The van der Waals surface area contributed by atoms with Crippen molar-refractivity contribution in [1.29, 1.82) is 0 Å². The second-order valence-electron chi connectivity index (χ2n) is 8.06. The van der Waals surface area contributed by atoms with Crippen LogP contribution in [0, 0.1) is 11.8 Å². The number of anilines is 1. The van der Waals surface area contributed by atoms with Gasteiger partial charge in [-0.25, -0.2) is 8.42 Å². The minimum absolute atomic E-state index is 0.168. The van der Waals surface area contributed by atoms with Gasteiger partial charge in [0.15, 0.2) is 0 Å². The molecule has 2 saturated heterocycles. The topological polar surface area (TPSA) is 69.7 Å². The van der Waals surface area contributed by atoms with Crippen molar-refractivity contribution in [1.82, 2.24) is 9.80 Å². The molecule has 1 aromatic rings. The van der Waals surface area contributed by atoms with E-state index in [0.717, 1.165) is 38.0 Å². The van der Waals surface area contributed by atoms with E-state index in [2.05, 4.69) is 23.5 Å². The minimum atomic E-state index is -3.28. The molecule has 6 nitrogen and oxygen atoms in total. The molecule has 7 heteroatoms. The largest absolute Gasteiger partial charge is 0.342 e. The molecule has 26 heavy (non-hydrogen) atoms. The number of carbonyl (C=O) groups is 1. The lowest BCUT2D eigenvalue weighted by molar-refractivity contribution is -0.135. The zero-order valence-corrected chi connectivity index (χ0v) is 16.6. The van der Waals surface area contributed by atoms with Crippen molar-refractivity contribution in [2.75, 3.05) is 37.2 Å². The van der Waals surface area contributed by atoms with Crippen LogP contribution in [0.1, 0.15) is 25.8 Å². The summed E-state index contributed by atoms with van der Waals surface area (Å²) in [6, 6.07) is 7.61. The van der Waals surface area contributed by atoms with E-state index in [1.807, 2.05) is 17.0 Å². The van der Waals surface area contributed by atoms with E-state index in [1.54, 1.807) is 12.1 Å². The summed E-state index contributed by atoms with van der Waals surface area (Å²) in [6.07, 6.45) is 2.73. The number of carbonyl (C=O) groups excluding carboxylic acids is 1. The number of amides is 1. The van der Waals surface area contributed by atoms with Crippen LogP contribution in [0.25, 0.3) is 0 Å². The molecular weight excluding hydrogens is 350 g/mol. The minimum Gasteiger partial charge on any atom is -0.342 e. The maximum absolute atomic E-state index is 12.7. The maximum Gasteiger partial charge on any atom is 0.229 e. The van der Waals surface area contributed by atoms with E-state index in [0.29, 0.717) is 30.0 Å². The number of hydrogen-bond donors (Lipinski definition) is 1. The molecule has 2 bridgehead atoms. The molecule has 1 N–H and O–H groups in total. The van der Waals surface area contributed by atoms with Crippen LogP contribution in [-0.2, 0) is 21.2 Å². The number of fused-ring (bicyclic) bond motifs is 2. The molecule has 0 radical (unpaired) electrons. The van der Waals surface area contributed by atoms with Crippen LogP contribution in [0.4, 0.5) is 5.69 Å². The summed E-state index contributed by atoms with van der Waals surface area (Å²) in [5.41, 5.74) is 1.43. The summed E-state index contributed by atoms with van der Waals surface area (Å²) in [4.78, 5) is 17.3. The highest BCUT2D eigenvalue weighted by molar-refractivity contribution is 7.92. The fraction of sp³-hybridized carbons (Fsp3) is 0.632. The molecule has 1 aromatic carbocycles. The summed E-state index contributed by atoms with van der Waals surface area (Å²) < 4.78 is 24.9. The van der Waals surface area contributed by atoms with Crippen LogP contribution in [0.2, 0.25) is 0 Å². The van der Waals surface area contributed by atoms with Gasteiger partial charge in [-0.3, -0.25) is 9.52 Å². The molecule has 1 amide bonds. The van der Waals surface area contributed by atoms with Crippen LogP contribution in [0.5, 0.6) is 0 Å². The molecule has 3 rings (SSSR count). The Morgan fingerprint density at radius 3 is 2.19 bits per heavy atom. The van der Waals surface area contributed by atoms with Gasteiger partial charge in [-0.2, -0.15) is 0 Å². The SMILES string of the molecule is CC(C)N1CC2CC(CN(C(=O)Cc3ccc(NS(C)(=O)=O)cc3)C2)C1. The summed E-state index contributed by atoms with van der Waals surface area (Å²) in [5, 5.41) is 0. The zero-order chi connectivity index (χ0) is 18.9. The Labute approximate surface area is 156 Å². The number of nitrogens with zero attached hydrogens (tertiary/aromatic N) is 2. The van der Waals surface area contributed by atoms with Crippen molar-refractivity contribution in [3.8, 4) is 0 Å². The van der Waals surface area contributed by atoms with E-state index in [9.17, 15) is 13.2 Å². The van der Waals surface area contributed by atoms with E-state index in [-0.39, 0.29) is 5.91 Å². The van der Waals surface area contributed by atoms with Gasteiger partial charge < -0.3 is 9.80 Å². The lowest BCUT2D eigenvalue weighted by Crippen LogP contribution is -2.55. The van der Waals surface area contributed by atoms with Crippen LogP contribution in [0.15, 0.2) is 24.3 Å². The number of sulfonamides is 1. The second kappa shape index (κ2) is 7.56. The number of benzene rings is 1. The van der Waals surface area contributed by atoms with Gasteiger partial charge in [-0.1, -0.05) is 12.1 Å². The smallest absolute Gasteiger partial charge is 0.229 e. The van der Waals surface area contributed by atoms with Crippen molar-refractivity contribution in [3.63, 3.8) is 0 Å². The zero-order valence-electron chi connectivity index (χ0n) is 15.8. The monoisotopic (exact) mass is 379 g/mol. The number of nitrogens with one attached hydrogen (secondary N) is 1. The molecule has 2 fully saturated rings. The fourth-order valence-corrected chi connectivity index (χ4v) is 4.70. The highest BCUT2D eigenvalue weighted by atomic mass is 32.2. The molecule has 0 aliphatic carbocycles. The predicted molar refractivity (Wildman–Crippen MR) is 103 cm³/mol. The second-order valence-corrected chi connectivity index (χ2v) is 9.81. The van der Waals surface area contributed by atoms with Gasteiger partial charge in [0.2, 0.25) is 15.9 Å². The Balaban J connectivity index is 1.57. The van der Waals surface area contributed by atoms with E-state index < -0.39 is 10.0 Å².